The molecule has 0 fully saturated rings. The van der Waals surface area contributed by atoms with Gasteiger partial charge in [-0.2, -0.15) is 0 Å². The average molecular weight is 509 g/mol. The maximum Gasteiger partial charge on any atom is 0.291 e. The molecule has 0 aliphatic heterocycles. The van der Waals surface area contributed by atoms with Crippen LogP contribution in [0.1, 0.15) is 10.6 Å². The first-order chi connectivity index (χ1) is 16.6. The summed E-state index contributed by atoms with van der Waals surface area (Å²) in [6, 6.07) is 30.6. The predicted octanol–water partition coefficient (Wildman–Crippen LogP) is 7.92. The minimum Gasteiger partial charge on any atom is -0.451 e. The maximum absolute atomic E-state index is 12.8. The number of hydrogen-bond donors (Lipinski definition) is 1. The Bertz CT molecular complexity index is 1660. The van der Waals surface area contributed by atoms with Crippen LogP contribution in [0.15, 0.2) is 110 Å². The smallest absolute Gasteiger partial charge is 0.291 e. The van der Waals surface area contributed by atoms with Crippen LogP contribution in [0.2, 0.25) is 0 Å². The summed E-state index contributed by atoms with van der Waals surface area (Å²) in [6.45, 7) is 0. The fourth-order valence-electron chi connectivity index (χ4n) is 3.94. The largest absolute Gasteiger partial charge is 0.451 e. The molecule has 1 amide bonds. The lowest BCUT2D eigenvalue weighted by molar-refractivity contribution is 0.0997. The molecule has 2 heterocycles. The fraction of sp³-hybridized carbons (Fsp3) is 0. The number of benzene rings is 4. The zero-order chi connectivity index (χ0) is 23.1. The van der Waals surface area contributed by atoms with Crippen molar-refractivity contribution in [1.29, 1.82) is 0 Å². The van der Waals surface area contributed by atoms with Crippen LogP contribution in [0.5, 0.6) is 0 Å². The van der Waals surface area contributed by atoms with E-state index in [4.69, 9.17) is 13.8 Å². The van der Waals surface area contributed by atoms with Crippen molar-refractivity contribution < 1.29 is 13.6 Å². The van der Waals surface area contributed by atoms with Gasteiger partial charge in [-0.15, -0.1) is 0 Å². The molecule has 0 aliphatic rings. The molecule has 4 aromatic carbocycles. The van der Waals surface area contributed by atoms with Crippen LogP contribution in [0.3, 0.4) is 0 Å². The van der Waals surface area contributed by atoms with Crippen LogP contribution in [0.25, 0.3) is 44.7 Å². The van der Waals surface area contributed by atoms with Gasteiger partial charge in [0.05, 0.1) is 0 Å². The zero-order valence-electron chi connectivity index (χ0n) is 17.8. The number of nitrogens with zero attached hydrogens (tertiary/aromatic N) is 1. The van der Waals surface area contributed by atoms with E-state index in [0.29, 0.717) is 17.3 Å². The van der Waals surface area contributed by atoms with Crippen molar-refractivity contribution in [3.8, 4) is 22.8 Å². The topological polar surface area (TPSA) is 68.3 Å². The molecular formula is C28H17BrN2O3. The molecule has 6 heteroatoms. The summed E-state index contributed by atoms with van der Waals surface area (Å²) in [5.41, 5.74) is 3.83. The van der Waals surface area contributed by atoms with E-state index in [0.717, 1.165) is 37.5 Å². The summed E-state index contributed by atoms with van der Waals surface area (Å²) >= 11 is 3.42. The van der Waals surface area contributed by atoms with Crippen LogP contribution in [-0.4, -0.2) is 10.9 Å². The molecule has 0 saturated heterocycles. The van der Waals surface area contributed by atoms with Crippen molar-refractivity contribution in [3.05, 3.63) is 107 Å². The van der Waals surface area contributed by atoms with Gasteiger partial charge in [0.2, 0.25) is 5.89 Å². The van der Waals surface area contributed by atoms with E-state index in [9.17, 15) is 4.79 Å². The van der Waals surface area contributed by atoms with Gasteiger partial charge in [-0.25, -0.2) is 4.98 Å². The van der Waals surface area contributed by atoms with Crippen molar-refractivity contribution in [2.24, 2.45) is 0 Å². The number of fused-ring (bicyclic) bond motifs is 3. The second kappa shape index (κ2) is 8.32. The molecule has 34 heavy (non-hydrogen) atoms. The van der Waals surface area contributed by atoms with Crippen LogP contribution in [-0.2, 0) is 0 Å². The van der Waals surface area contributed by atoms with E-state index in [-0.39, 0.29) is 11.7 Å². The summed E-state index contributed by atoms with van der Waals surface area (Å²) in [4.78, 5) is 17.5. The SMILES string of the molecule is O=C(Nc1cccc(-c2nc3c(ccc4ccccc43)o2)c1)c1ccc(-c2ccc(Br)cc2)o1. The number of aromatic nitrogens is 1. The standard InChI is InChI=1S/C28H17BrN2O3/c29-20-11-8-18(9-12-20)23-14-15-25(33-23)27(32)30-21-6-3-5-19(16-21)28-31-26-22-7-2-1-4-17(22)10-13-24(26)34-28/h1-16H,(H,30,32). The van der Waals surface area contributed by atoms with Gasteiger partial charge in [0.15, 0.2) is 11.3 Å². The lowest BCUT2D eigenvalue weighted by Crippen LogP contribution is -2.10. The van der Waals surface area contributed by atoms with Gasteiger partial charge in [-0.05, 0) is 53.9 Å². The average Bonchev–Trinajstić information content (AvgIpc) is 3.53. The Morgan fingerprint density at radius 1 is 0.794 bits per heavy atom. The Balaban J connectivity index is 1.26. The molecule has 0 aliphatic carbocycles. The second-order valence-corrected chi connectivity index (χ2v) is 8.77. The summed E-state index contributed by atoms with van der Waals surface area (Å²) in [7, 11) is 0. The minimum atomic E-state index is -0.330. The predicted molar refractivity (Wildman–Crippen MR) is 137 cm³/mol. The van der Waals surface area contributed by atoms with Gasteiger partial charge in [0, 0.05) is 26.7 Å². The van der Waals surface area contributed by atoms with Gasteiger partial charge in [0.25, 0.3) is 5.91 Å². The highest BCUT2D eigenvalue weighted by atomic mass is 79.9. The minimum absolute atomic E-state index is 0.233. The summed E-state index contributed by atoms with van der Waals surface area (Å²) in [5.74, 6) is 1.03. The van der Waals surface area contributed by atoms with E-state index < -0.39 is 0 Å². The first-order valence-corrected chi connectivity index (χ1v) is 11.5. The molecule has 1 N–H and O–H groups in total. The Hall–Kier alpha value is -4.16. The number of halogens is 1. The first-order valence-electron chi connectivity index (χ1n) is 10.7. The first kappa shape index (κ1) is 20.4. The Labute approximate surface area is 203 Å². The third-order valence-electron chi connectivity index (χ3n) is 5.61. The van der Waals surface area contributed by atoms with Crippen molar-refractivity contribution in [3.63, 3.8) is 0 Å². The van der Waals surface area contributed by atoms with E-state index in [1.807, 2.05) is 78.9 Å². The molecule has 0 radical (unpaired) electrons. The molecule has 6 aromatic rings. The number of oxazole rings is 1. The third-order valence-corrected chi connectivity index (χ3v) is 6.14. The monoisotopic (exact) mass is 508 g/mol. The van der Waals surface area contributed by atoms with Gasteiger partial charge in [0.1, 0.15) is 11.3 Å². The lowest BCUT2D eigenvalue weighted by Gasteiger charge is -2.05. The second-order valence-electron chi connectivity index (χ2n) is 7.86. The molecule has 0 spiro atoms. The van der Waals surface area contributed by atoms with E-state index in [1.165, 1.54) is 0 Å². The molecule has 0 saturated carbocycles. The number of anilines is 1. The van der Waals surface area contributed by atoms with E-state index >= 15 is 0 Å². The summed E-state index contributed by atoms with van der Waals surface area (Å²) < 4.78 is 12.8. The zero-order valence-corrected chi connectivity index (χ0v) is 19.4. The number of amides is 1. The molecular weight excluding hydrogens is 492 g/mol. The van der Waals surface area contributed by atoms with Crippen LogP contribution < -0.4 is 5.32 Å². The highest BCUT2D eigenvalue weighted by molar-refractivity contribution is 9.10. The van der Waals surface area contributed by atoms with Crippen molar-refractivity contribution in [2.45, 2.75) is 0 Å². The van der Waals surface area contributed by atoms with Gasteiger partial charge in [-0.3, -0.25) is 4.79 Å². The summed E-state index contributed by atoms with van der Waals surface area (Å²) in [5, 5.41) is 5.04. The lowest BCUT2D eigenvalue weighted by atomic mass is 10.1. The Morgan fingerprint density at radius 3 is 2.53 bits per heavy atom. The molecule has 0 atom stereocenters. The van der Waals surface area contributed by atoms with E-state index in [1.54, 1.807) is 12.1 Å². The van der Waals surface area contributed by atoms with Crippen molar-refractivity contribution >= 4 is 49.4 Å². The maximum atomic E-state index is 12.8. The normalized spacial score (nSPS) is 11.2. The molecule has 6 rings (SSSR count). The number of nitrogens with one attached hydrogen (secondary N) is 1. The van der Waals surface area contributed by atoms with Gasteiger partial charge in [-0.1, -0.05) is 64.5 Å². The van der Waals surface area contributed by atoms with Gasteiger partial charge >= 0.3 is 0 Å². The number of hydrogen-bond acceptors (Lipinski definition) is 4. The molecule has 0 bridgehead atoms. The van der Waals surface area contributed by atoms with Crippen LogP contribution >= 0.6 is 15.9 Å². The Morgan fingerprint density at radius 2 is 1.65 bits per heavy atom. The molecule has 0 unspecified atom stereocenters. The highest BCUT2D eigenvalue weighted by Crippen LogP contribution is 2.31. The van der Waals surface area contributed by atoms with Crippen molar-refractivity contribution in [2.75, 3.05) is 5.32 Å². The number of rotatable bonds is 4. The van der Waals surface area contributed by atoms with Crippen LogP contribution in [0.4, 0.5) is 5.69 Å². The summed E-state index contributed by atoms with van der Waals surface area (Å²) in [6.07, 6.45) is 0. The fourth-order valence-corrected chi connectivity index (χ4v) is 4.20. The third kappa shape index (κ3) is 3.78. The molecule has 2 aromatic heterocycles. The number of carbonyl (C=O) groups excluding carboxylic acids is 1. The quantitative estimate of drug-likeness (QED) is 0.262. The molecule has 164 valence electrons. The number of carbonyl (C=O) groups is 1. The molecule has 5 nitrogen and oxygen atoms in total. The van der Waals surface area contributed by atoms with E-state index in [2.05, 4.69) is 27.3 Å². The van der Waals surface area contributed by atoms with Crippen molar-refractivity contribution in [1.82, 2.24) is 4.98 Å². The Kier molecular flexibility index (Phi) is 5.00. The van der Waals surface area contributed by atoms with Gasteiger partial charge < -0.3 is 14.2 Å². The highest BCUT2D eigenvalue weighted by Gasteiger charge is 2.15. The number of furan rings is 1. The van der Waals surface area contributed by atoms with Crippen LogP contribution in [0, 0.1) is 0 Å².